The van der Waals surface area contributed by atoms with E-state index in [2.05, 4.69) is 5.10 Å². The first-order chi connectivity index (χ1) is 8.11. The maximum absolute atomic E-state index is 12.0. The third kappa shape index (κ3) is 2.49. The standard InChI is InChI=1S/C12H20N4O/c1-9(5-13)12(17)16-4-3-10(8-16)11-6-14-15(2)7-11/h6-7,9-10H,3-5,8,13H2,1-2H3. The van der Waals surface area contributed by atoms with Gasteiger partial charge in [0, 0.05) is 44.7 Å². The Kier molecular flexibility index (Phi) is 3.47. The van der Waals surface area contributed by atoms with Crippen LogP contribution in [0, 0.1) is 5.92 Å². The van der Waals surface area contributed by atoms with Gasteiger partial charge in [-0.1, -0.05) is 6.92 Å². The van der Waals surface area contributed by atoms with Crippen LogP contribution in [0.15, 0.2) is 12.4 Å². The van der Waals surface area contributed by atoms with E-state index in [-0.39, 0.29) is 11.8 Å². The Balaban J connectivity index is 1.98. The van der Waals surface area contributed by atoms with Gasteiger partial charge in [-0.15, -0.1) is 0 Å². The number of nitrogens with two attached hydrogens (primary N) is 1. The van der Waals surface area contributed by atoms with E-state index in [0.717, 1.165) is 19.5 Å². The van der Waals surface area contributed by atoms with Crippen LogP contribution in [0.1, 0.15) is 24.8 Å². The molecule has 0 bridgehead atoms. The number of rotatable bonds is 3. The number of hydrogen-bond donors (Lipinski definition) is 1. The molecule has 17 heavy (non-hydrogen) atoms. The first-order valence-corrected chi connectivity index (χ1v) is 6.09. The summed E-state index contributed by atoms with van der Waals surface area (Å²) < 4.78 is 1.81. The molecule has 1 aliphatic heterocycles. The zero-order valence-electron chi connectivity index (χ0n) is 10.5. The van der Waals surface area contributed by atoms with Crippen LogP contribution < -0.4 is 5.73 Å². The molecule has 2 unspecified atom stereocenters. The second-order valence-corrected chi connectivity index (χ2v) is 4.85. The highest BCUT2D eigenvalue weighted by Crippen LogP contribution is 2.27. The number of nitrogens with zero attached hydrogens (tertiary/aromatic N) is 3. The van der Waals surface area contributed by atoms with Gasteiger partial charge in [0.2, 0.25) is 5.91 Å². The molecular formula is C12H20N4O. The lowest BCUT2D eigenvalue weighted by atomic mass is 10.0. The fourth-order valence-corrected chi connectivity index (χ4v) is 2.30. The summed E-state index contributed by atoms with van der Waals surface area (Å²) in [6.45, 7) is 3.95. The Morgan fingerprint density at radius 2 is 2.47 bits per heavy atom. The highest BCUT2D eigenvalue weighted by molar-refractivity contribution is 5.79. The van der Waals surface area contributed by atoms with Crippen LogP contribution >= 0.6 is 0 Å². The minimum atomic E-state index is -0.0670. The van der Waals surface area contributed by atoms with Gasteiger partial charge in [0.15, 0.2) is 0 Å². The Bertz CT molecular complexity index is 401. The third-order valence-corrected chi connectivity index (χ3v) is 3.47. The van der Waals surface area contributed by atoms with Crippen LogP contribution in [0.2, 0.25) is 0 Å². The molecular weight excluding hydrogens is 216 g/mol. The molecule has 0 saturated carbocycles. The smallest absolute Gasteiger partial charge is 0.226 e. The zero-order valence-corrected chi connectivity index (χ0v) is 10.5. The molecule has 1 amide bonds. The largest absolute Gasteiger partial charge is 0.342 e. The summed E-state index contributed by atoms with van der Waals surface area (Å²) in [4.78, 5) is 13.9. The number of carbonyl (C=O) groups excluding carboxylic acids is 1. The van der Waals surface area contributed by atoms with Crippen molar-refractivity contribution in [2.45, 2.75) is 19.3 Å². The summed E-state index contributed by atoms with van der Waals surface area (Å²) in [6, 6.07) is 0. The summed E-state index contributed by atoms with van der Waals surface area (Å²) >= 11 is 0. The Hall–Kier alpha value is -1.36. The summed E-state index contributed by atoms with van der Waals surface area (Å²) in [7, 11) is 1.91. The second-order valence-electron chi connectivity index (χ2n) is 4.85. The third-order valence-electron chi connectivity index (χ3n) is 3.47. The maximum atomic E-state index is 12.0. The molecule has 0 radical (unpaired) electrons. The lowest BCUT2D eigenvalue weighted by Gasteiger charge is -2.19. The zero-order chi connectivity index (χ0) is 12.4. The number of amides is 1. The maximum Gasteiger partial charge on any atom is 0.226 e. The van der Waals surface area contributed by atoms with E-state index in [1.807, 2.05) is 35.9 Å². The lowest BCUT2D eigenvalue weighted by Crippen LogP contribution is -2.36. The van der Waals surface area contributed by atoms with E-state index in [0.29, 0.717) is 12.5 Å². The van der Waals surface area contributed by atoms with E-state index >= 15 is 0 Å². The summed E-state index contributed by atoms with van der Waals surface area (Å²) in [5, 5.41) is 4.18. The van der Waals surface area contributed by atoms with Crippen molar-refractivity contribution < 1.29 is 4.79 Å². The SMILES string of the molecule is CC(CN)C(=O)N1CCC(c2cnn(C)c2)C1. The summed E-state index contributed by atoms with van der Waals surface area (Å²) in [5.41, 5.74) is 6.75. The molecule has 1 aromatic rings. The minimum absolute atomic E-state index is 0.0670. The quantitative estimate of drug-likeness (QED) is 0.822. The fourth-order valence-electron chi connectivity index (χ4n) is 2.30. The molecule has 2 rings (SSSR count). The molecule has 2 heterocycles. The van der Waals surface area contributed by atoms with Gasteiger partial charge in [-0.3, -0.25) is 9.48 Å². The average molecular weight is 236 g/mol. The van der Waals surface area contributed by atoms with Gasteiger partial charge in [0.05, 0.1) is 6.20 Å². The summed E-state index contributed by atoms with van der Waals surface area (Å²) in [6.07, 6.45) is 4.95. The van der Waals surface area contributed by atoms with Gasteiger partial charge >= 0.3 is 0 Å². The molecule has 0 aromatic carbocycles. The Labute approximate surface area is 102 Å². The lowest BCUT2D eigenvalue weighted by molar-refractivity contribution is -0.133. The van der Waals surface area contributed by atoms with Gasteiger partial charge in [0.25, 0.3) is 0 Å². The fraction of sp³-hybridized carbons (Fsp3) is 0.667. The van der Waals surface area contributed by atoms with Crippen molar-refractivity contribution in [2.24, 2.45) is 18.7 Å². The first kappa shape index (κ1) is 12.1. The van der Waals surface area contributed by atoms with Crippen LogP contribution in [-0.2, 0) is 11.8 Å². The van der Waals surface area contributed by atoms with E-state index < -0.39 is 0 Å². The molecule has 94 valence electrons. The van der Waals surface area contributed by atoms with Crippen molar-refractivity contribution in [1.29, 1.82) is 0 Å². The first-order valence-electron chi connectivity index (χ1n) is 6.09. The van der Waals surface area contributed by atoms with Crippen molar-refractivity contribution in [3.05, 3.63) is 18.0 Å². The van der Waals surface area contributed by atoms with E-state index in [9.17, 15) is 4.79 Å². The van der Waals surface area contributed by atoms with Crippen molar-refractivity contribution in [3.8, 4) is 0 Å². The van der Waals surface area contributed by atoms with Gasteiger partial charge in [-0.05, 0) is 12.0 Å². The molecule has 2 atom stereocenters. The topological polar surface area (TPSA) is 64.2 Å². The van der Waals surface area contributed by atoms with Gasteiger partial charge in [-0.2, -0.15) is 5.10 Å². The molecule has 1 saturated heterocycles. The molecule has 2 N–H and O–H groups in total. The van der Waals surface area contributed by atoms with Crippen LogP contribution in [0.4, 0.5) is 0 Å². The average Bonchev–Trinajstić information content (AvgIpc) is 2.95. The van der Waals surface area contributed by atoms with Gasteiger partial charge < -0.3 is 10.6 Å². The number of aryl methyl sites for hydroxylation is 1. The van der Waals surface area contributed by atoms with Crippen molar-refractivity contribution in [2.75, 3.05) is 19.6 Å². The van der Waals surface area contributed by atoms with Gasteiger partial charge in [0.1, 0.15) is 0 Å². The molecule has 0 spiro atoms. The van der Waals surface area contributed by atoms with Gasteiger partial charge in [-0.25, -0.2) is 0 Å². The van der Waals surface area contributed by atoms with Crippen molar-refractivity contribution >= 4 is 5.91 Å². The van der Waals surface area contributed by atoms with Crippen molar-refractivity contribution in [1.82, 2.24) is 14.7 Å². The number of carbonyl (C=O) groups is 1. The predicted molar refractivity (Wildman–Crippen MR) is 65.4 cm³/mol. The monoisotopic (exact) mass is 236 g/mol. The minimum Gasteiger partial charge on any atom is -0.342 e. The van der Waals surface area contributed by atoms with E-state index in [4.69, 9.17) is 5.73 Å². The number of hydrogen-bond acceptors (Lipinski definition) is 3. The van der Waals surface area contributed by atoms with Crippen LogP contribution in [0.3, 0.4) is 0 Å². The highest BCUT2D eigenvalue weighted by Gasteiger charge is 2.29. The molecule has 0 aliphatic carbocycles. The Morgan fingerprint density at radius 3 is 3.06 bits per heavy atom. The molecule has 1 fully saturated rings. The molecule has 1 aliphatic rings. The van der Waals surface area contributed by atoms with Crippen LogP contribution in [-0.4, -0.2) is 40.2 Å². The second kappa shape index (κ2) is 4.87. The van der Waals surface area contributed by atoms with Crippen molar-refractivity contribution in [3.63, 3.8) is 0 Å². The Morgan fingerprint density at radius 1 is 1.71 bits per heavy atom. The van der Waals surface area contributed by atoms with E-state index in [1.165, 1.54) is 5.56 Å². The number of aromatic nitrogens is 2. The molecule has 5 heteroatoms. The highest BCUT2D eigenvalue weighted by atomic mass is 16.2. The summed E-state index contributed by atoms with van der Waals surface area (Å²) in [5.74, 6) is 0.541. The molecule has 1 aromatic heterocycles. The number of likely N-dealkylation sites (tertiary alicyclic amines) is 1. The van der Waals surface area contributed by atoms with Crippen LogP contribution in [0.25, 0.3) is 0 Å². The predicted octanol–water partition coefficient (Wildman–Crippen LogP) is 0.331. The molecule has 5 nitrogen and oxygen atoms in total. The van der Waals surface area contributed by atoms with Crippen LogP contribution in [0.5, 0.6) is 0 Å². The normalized spacial score (nSPS) is 21.8. The van der Waals surface area contributed by atoms with E-state index in [1.54, 1.807) is 0 Å².